The van der Waals surface area contributed by atoms with E-state index in [0.717, 1.165) is 57.8 Å². The van der Waals surface area contributed by atoms with Gasteiger partial charge in [-0.2, -0.15) is 0 Å². The molecular weight excluding hydrogens is 578 g/mol. The van der Waals surface area contributed by atoms with Gasteiger partial charge in [0.25, 0.3) is 0 Å². The Morgan fingerprint density at radius 3 is 1.47 bits per heavy atom. The Kier molecular flexibility index (Phi) is 35.6. The van der Waals surface area contributed by atoms with Gasteiger partial charge >= 0.3 is 0 Å². The SMILES string of the molecule is CC/C=C\C/C=C\C/C=C\C/C=C\C/C=C\C/C=C\CCC(=O)NC(CO)C(O)/C=C/CC/C=C/CCCCCCCCCCCC. The van der Waals surface area contributed by atoms with Gasteiger partial charge in [-0.15, -0.1) is 0 Å². The zero-order chi connectivity index (χ0) is 34.3. The van der Waals surface area contributed by atoms with E-state index in [9.17, 15) is 15.0 Å². The molecule has 0 fully saturated rings. The van der Waals surface area contributed by atoms with E-state index in [2.05, 4.69) is 98.2 Å². The van der Waals surface area contributed by atoms with Crippen LogP contribution in [-0.2, 0) is 4.79 Å². The predicted molar refractivity (Wildman–Crippen MR) is 206 cm³/mol. The maximum absolute atomic E-state index is 12.3. The van der Waals surface area contributed by atoms with Crippen LogP contribution in [-0.4, -0.2) is 34.9 Å². The van der Waals surface area contributed by atoms with Gasteiger partial charge in [-0.3, -0.25) is 4.79 Å². The van der Waals surface area contributed by atoms with Crippen LogP contribution in [0, 0.1) is 0 Å². The molecule has 0 saturated carbocycles. The van der Waals surface area contributed by atoms with Crippen LogP contribution in [0.3, 0.4) is 0 Å². The summed E-state index contributed by atoms with van der Waals surface area (Å²) in [5, 5.41) is 22.8. The highest BCUT2D eigenvalue weighted by molar-refractivity contribution is 5.76. The molecule has 0 bridgehead atoms. The molecule has 0 aromatic carbocycles. The molecular formula is C43H71NO3. The Morgan fingerprint density at radius 1 is 0.532 bits per heavy atom. The fraction of sp³-hybridized carbons (Fsp3) is 0.605. The van der Waals surface area contributed by atoms with E-state index < -0.39 is 12.1 Å². The van der Waals surface area contributed by atoms with Gasteiger partial charge in [0.1, 0.15) is 0 Å². The molecule has 0 saturated heterocycles. The number of carbonyl (C=O) groups is 1. The monoisotopic (exact) mass is 650 g/mol. The second-order valence-electron chi connectivity index (χ2n) is 12.2. The lowest BCUT2D eigenvalue weighted by molar-refractivity contribution is -0.122. The van der Waals surface area contributed by atoms with Crippen LogP contribution in [0.2, 0.25) is 0 Å². The molecule has 2 atom stereocenters. The van der Waals surface area contributed by atoms with Gasteiger partial charge in [0.2, 0.25) is 5.91 Å². The van der Waals surface area contributed by atoms with Crippen molar-refractivity contribution in [1.29, 1.82) is 0 Å². The molecule has 4 heteroatoms. The van der Waals surface area contributed by atoms with E-state index in [1.807, 2.05) is 12.2 Å². The minimum Gasteiger partial charge on any atom is -0.394 e. The first-order chi connectivity index (χ1) is 23.2. The van der Waals surface area contributed by atoms with Crippen LogP contribution in [0.1, 0.15) is 149 Å². The number of amides is 1. The highest BCUT2D eigenvalue weighted by Gasteiger charge is 2.17. The summed E-state index contributed by atoms with van der Waals surface area (Å²) in [6.07, 6.45) is 56.5. The molecule has 0 aliphatic rings. The number of aliphatic hydroxyl groups excluding tert-OH is 2. The van der Waals surface area contributed by atoms with Crippen LogP contribution < -0.4 is 5.32 Å². The summed E-state index contributed by atoms with van der Waals surface area (Å²) in [7, 11) is 0. The van der Waals surface area contributed by atoms with Crippen molar-refractivity contribution in [2.75, 3.05) is 6.61 Å². The minimum absolute atomic E-state index is 0.161. The number of nitrogens with one attached hydrogen (secondary N) is 1. The summed E-state index contributed by atoms with van der Waals surface area (Å²) < 4.78 is 0. The van der Waals surface area contributed by atoms with E-state index in [1.54, 1.807) is 6.08 Å². The molecule has 0 heterocycles. The third kappa shape index (κ3) is 34.5. The summed E-state index contributed by atoms with van der Waals surface area (Å²) >= 11 is 0. The standard InChI is InChI=1S/C43H71NO3/c1-3-5-7-9-11-13-15-17-19-21-22-23-25-27-29-31-33-35-37-39-43(47)44-41(40-45)42(46)38-36-34-32-30-28-26-24-20-18-16-14-12-10-8-6-4-2/h5,7,11,13,17,19,22-23,27-30,33,35-36,38,41-42,45-46H,3-4,6,8-10,12,14-16,18,20-21,24-26,31-32,34,37,39-40H2,1-2H3,(H,44,47)/b7-5-,13-11-,19-17-,23-22-,29-27-,30-28+,35-33-,38-36+. The molecule has 2 unspecified atom stereocenters. The molecule has 4 nitrogen and oxygen atoms in total. The lowest BCUT2D eigenvalue weighted by Gasteiger charge is -2.19. The van der Waals surface area contributed by atoms with E-state index in [0.29, 0.717) is 12.8 Å². The Bertz CT molecular complexity index is 921. The Labute approximate surface area is 290 Å². The maximum Gasteiger partial charge on any atom is 0.220 e. The van der Waals surface area contributed by atoms with E-state index in [-0.39, 0.29) is 12.5 Å². The van der Waals surface area contributed by atoms with Gasteiger partial charge < -0.3 is 15.5 Å². The van der Waals surface area contributed by atoms with Gasteiger partial charge in [-0.05, 0) is 70.6 Å². The lowest BCUT2D eigenvalue weighted by Crippen LogP contribution is -2.45. The molecule has 0 aliphatic heterocycles. The Hall–Kier alpha value is -2.69. The highest BCUT2D eigenvalue weighted by Crippen LogP contribution is 2.11. The average Bonchev–Trinajstić information content (AvgIpc) is 3.07. The quantitative estimate of drug-likeness (QED) is 0.0502. The molecule has 47 heavy (non-hydrogen) atoms. The second kappa shape index (κ2) is 37.8. The van der Waals surface area contributed by atoms with Crippen LogP contribution in [0.5, 0.6) is 0 Å². The molecule has 0 rings (SSSR count). The van der Waals surface area contributed by atoms with E-state index >= 15 is 0 Å². The van der Waals surface area contributed by atoms with Gasteiger partial charge in [0.15, 0.2) is 0 Å². The summed E-state index contributed by atoms with van der Waals surface area (Å²) in [5.41, 5.74) is 0. The maximum atomic E-state index is 12.3. The molecule has 1 amide bonds. The average molecular weight is 650 g/mol. The third-order valence-corrected chi connectivity index (χ3v) is 7.81. The molecule has 0 aromatic rings. The lowest BCUT2D eigenvalue weighted by atomic mass is 10.1. The zero-order valence-electron chi connectivity index (χ0n) is 30.3. The first kappa shape index (κ1) is 44.3. The minimum atomic E-state index is -0.898. The van der Waals surface area contributed by atoms with Crippen molar-refractivity contribution in [3.63, 3.8) is 0 Å². The van der Waals surface area contributed by atoms with E-state index in [4.69, 9.17) is 0 Å². The summed E-state index contributed by atoms with van der Waals surface area (Å²) in [6, 6.07) is -0.684. The zero-order valence-corrected chi connectivity index (χ0v) is 30.3. The Balaban J connectivity index is 3.86. The van der Waals surface area contributed by atoms with Crippen LogP contribution in [0.15, 0.2) is 97.2 Å². The van der Waals surface area contributed by atoms with Crippen molar-refractivity contribution in [2.24, 2.45) is 0 Å². The number of rotatable bonds is 32. The van der Waals surface area contributed by atoms with Crippen molar-refractivity contribution in [3.05, 3.63) is 97.2 Å². The summed E-state index contributed by atoms with van der Waals surface area (Å²) in [5.74, 6) is -0.161. The first-order valence-electron chi connectivity index (χ1n) is 19.0. The topological polar surface area (TPSA) is 69.6 Å². The van der Waals surface area contributed by atoms with Crippen LogP contribution in [0.25, 0.3) is 0 Å². The number of unbranched alkanes of at least 4 members (excludes halogenated alkanes) is 11. The highest BCUT2D eigenvalue weighted by atomic mass is 16.3. The van der Waals surface area contributed by atoms with Gasteiger partial charge in [0, 0.05) is 6.42 Å². The van der Waals surface area contributed by atoms with Gasteiger partial charge in [-0.1, -0.05) is 169 Å². The fourth-order valence-electron chi connectivity index (χ4n) is 4.92. The molecule has 0 aromatic heterocycles. The van der Waals surface area contributed by atoms with E-state index in [1.165, 1.54) is 64.2 Å². The van der Waals surface area contributed by atoms with Crippen molar-refractivity contribution >= 4 is 5.91 Å². The summed E-state index contributed by atoms with van der Waals surface area (Å²) in [6.45, 7) is 4.12. The fourth-order valence-corrected chi connectivity index (χ4v) is 4.92. The van der Waals surface area contributed by atoms with Crippen molar-refractivity contribution < 1.29 is 15.0 Å². The Morgan fingerprint density at radius 2 is 0.957 bits per heavy atom. The van der Waals surface area contributed by atoms with Crippen LogP contribution >= 0.6 is 0 Å². The number of carbonyl (C=O) groups excluding carboxylic acids is 1. The molecule has 0 aliphatic carbocycles. The number of hydrogen-bond donors (Lipinski definition) is 3. The number of hydrogen-bond acceptors (Lipinski definition) is 3. The van der Waals surface area contributed by atoms with Gasteiger partial charge in [0.05, 0.1) is 18.8 Å². The van der Waals surface area contributed by atoms with Crippen molar-refractivity contribution in [2.45, 2.75) is 161 Å². The normalized spacial score (nSPS) is 14.2. The van der Waals surface area contributed by atoms with Gasteiger partial charge in [-0.25, -0.2) is 0 Å². The molecule has 0 spiro atoms. The van der Waals surface area contributed by atoms with Crippen LogP contribution in [0.4, 0.5) is 0 Å². The molecule has 3 N–H and O–H groups in total. The number of allylic oxidation sites excluding steroid dienone is 15. The first-order valence-corrected chi connectivity index (χ1v) is 19.0. The summed E-state index contributed by atoms with van der Waals surface area (Å²) in [4.78, 5) is 12.3. The molecule has 266 valence electrons. The van der Waals surface area contributed by atoms with Crippen molar-refractivity contribution in [1.82, 2.24) is 5.32 Å². The predicted octanol–water partition coefficient (Wildman–Crippen LogP) is 11.5. The largest absolute Gasteiger partial charge is 0.394 e. The number of aliphatic hydroxyl groups is 2. The smallest absolute Gasteiger partial charge is 0.220 e. The third-order valence-electron chi connectivity index (χ3n) is 7.81. The van der Waals surface area contributed by atoms with Crippen molar-refractivity contribution in [3.8, 4) is 0 Å². The second-order valence-corrected chi connectivity index (χ2v) is 12.2. The molecule has 0 radical (unpaired) electrons.